The second-order valence-corrected chi connectivity index (χ2v) is 5.95. The highest BCUT2D eigenvalue weighted by atomic mass is 35.5. The van der Waals surface area contributed by atoms with Crippen LogP contribution in [0.15, 0.2) is 91.0 Å². The van der Waals surface area contributed by atoms with Crippen molar-refractivity contribution in [2.24, 2.45) is 0 Å². The summed E-state index contributed by atoms with van der Waals surface area (Å²) >= 11 is 15.5. The molecular formula is C21H15Cl3O3. The summed E-state index contributed by atoms with van der Waals surface area (Å²) in [5.74, 6) is 0. The van der Waals surface area contributed by atoms with Gasteiger partial charge in [0.15, 0.2) is 0 Å². The van der Waals surface area contributed by atoms with Gasteiger partial charge in [0.25, 0.3) is 15.7 Å². The van der Waals surface area contributed by atoms with Crippen molar-refractivity contribution in [1.82, 2.24) is 0 Å². The highest BCUT2D eigenvalue weighted by Crippen LogP contribution is 2.02. The summed E-state index contributed by atoms with van der Waals surface area (Å²) in [7, 11) is 0. The highest BCUT2D eigenvalue weighted by molar-refractivity contribution is 6.68. The molecule has 0 amide bonds. The number of halogens is 3. The molecule has 0 heterocycles. The molecule has 0 atom stereocenters. The summed E-state index contributed by atoms with van der Waals surface area (Å²) in [5, 5.41) is -1.22. The lowest BCUT2D eigenvalue weighted by atomic mass is 10.2. The summed E-state index contributed by atoms with van der Waals surface area (Å²) in [4.78, 5) is 31.2. The van der Waals surface area contributed by atoms with E-state index in [1.165, 1.54) is 0 Å². The van der Waals surface area contributed by atoms with Gasteiger partial charge in [0.1, 0.15) is 0 Å². The zero-order valence-electron chi connectivity index (χ0n) is 14.0. The van der Waals surface area contributed by atoms with E-state index in [1.807, 2.05) is 18.2 Å². The fraction of sp³-hybridized carbons (Fsp3) is 0. The van der Waals surface area contributed by atoms with Crippen LogP contribution in [0.4, 0.5) is 0 Å². The minimum Gasteiger partial charge on any atom is -0.276 e. The molecule has 0 aliphatic carbocycles. The van der Waals surface area contributed by atoms with Gasteiger partial charge < -0.3 is 0 Å². The molecule has 0 fully saturated rings. The fourth-order valence-corrected chi connectivity index (χ4v) is 2.09. The molecule has 0 aliphatic rings. The average molecular weight is 422 g/mol. The third kappa shape index (κ3) is 9.71. The number of hydrogen-bond donors (Lipinski definition) is 0. The lowest BCUT2D eigenvalue weighted by molar-refractivity contribution is 0.107. The van der Waals surface area contributed by atoms with Gasteiger partial charge in [0, 0.05) is 16.7 Å². The lowest BCUT2D eigenvalue weighted by Gasteiger charge is -1.87. The van der Waals surface area contributed by atoms with Crippen molar-refractivity contribution in [3.8, 4) is 0 Å². The van der Waals surface area contributed by atoms with Crippen molar-refractivity contribution >= 4 is 50.5 Å². The molecular weight excluding hydrogens is 407 g/mol. The summed E-state index contributed by atoms with van der Waals surface area (Å²) in [5.41, 5.74) is 1.62. The molecule has 0 radical (unpaired) electrons. The number of benzene rings is 3. The first-order valence-electron chi connectivity index (χ1n) is 7.66. The SMILES string of the molecule is O=C(Cl)c1ccccc1.O=C(Cl)c1ccccc1.O=C(Cl)c1ccccc1. The zero-order chi connectivity index (χ0) is 20.1. The Morgan fingerprint density at radius 2 is 0.593 bits per heavy atom. The monoisotopic (exact) mass is 420 g/mol. The molecule has 0 saturated carbocycles. The van der Waals surface area contributed by atoms with E-state index in [0.717, 1.165) is 0 Å². The smallest absolute Gasteiger partial charge is 0.252 e. The maximum Gasteiger partial charge on any atom is 0.252 e. The molecule has 0 spiro atoms. The van der Waals surface area contributed by atoms with Crippen molar-refractivity contribution in [2.75, 3.05) is 0 Å². The van der Waals surface area contributed by atoms with Crippen LogP contribution in [-0.2, 0) is 0 Å². The number of hydrogen-bond acceptors (Lipinski definition) is 3. The molecule has 0 aromatic heterocycles. The summed E-state index contributed by atoms with van der Waals surface area (Å²) in [6, 6.07) is 26.2. The van der Waals surface area contributed by atoms with E-state index >= 15 is 0 Å². The van der Waals surface area contributed by atoms with Gasteiger partial charge in [-0.2, -0.15) is 0 Å². The Labute approximate surface area is 172 Å². The molecule has 3 rings (SSSR count). The highest BCUT2D eigenvalue weighted by Gasteiger charge is 1.97. The largest absolute Gasteiger partial charge is 0.276 e. The number of carbonyl (C=O) groups is 3. The molecule has 0 saturated heterocycles. The minimum absolute atomic E-state index is 0.407. The van der Waals surface area contributed by atoms with E-state index in [1.54, 1.807) is 72.8 Å². The van der Waals surface area contributed by atoms with Gasteiger partial charge in [0.05, 0.1) is 0 Å². The second kappa shape index (κ2) is 12.8. The van der Waals surface area contributed by atoms with Crippen LogP contribution in [0.1, 0.15) is 31.1 Å². The van der Waals surface area contributed by atoms with Crippen molar-refractivity contribution < 1.29 is 14.4 Å². The molecule has 138 valence electrons. The molecule has 0 N–H and O–H groups in total. The van der Waals surface area contributed by atoms with E-state index in [0.29, 0.717) is 16.7 Å². The summed E-state index contributed by atoms with van der Waals surface area (Å²) in [6.45, 7) is 0. The van der Waals surface area contributed by atoms with Crippen LogP contribution < -0.4 is 0 Å². The van der Waals surface area contributed by atoms with Gasteiger partial charge in [-0.3, -0.25) is 14.4 Å². The van der Waals surface area contributed by atoms with Crippen LogP contribution in [-0.4, -0.2) is 15.7 Å². The Kier molecular flexibility index (Phi) is 10.7. The lowest BCUT2D eigenvalue weighted by Crippen LogP contribution is -1.84. The number of rotatable bonds is 3. The van der Waals surface area contributed by atoms with E-state index < -0.39 is 15.7 Å². The van der Waals surface area contributed by atoms with Crippen LogP contribution in [0.25, 0.3) is 0 Å². The molecule has 3 aromatic rings. The predicted octanol–water partition coefficient (Wildman–Crippen LogP) is 6.20. The van der Waals surface area contributed by atoms with Crippen LogP contribution in [0.5, 0.6) is 0 Å². The Balaban J connectivity index is 0.000000202. The van der Waals surface area contributed by atoms with Gasteiger partial charge in [-0.1, -0.05) is 91.0 Å². The predicted molar refractivity (Wildman–Crippen MR) is 110 cm³/mol. The Bertz CT molecular complexity index is 734. The third-order valence-corrected chi connectivity index (χ3v) is 3.66. The van der Waals surface area contributed by atoms with Crippen LogP contribution in [0.2, 0.25) is 0 Å². The first-order valence-corrected chi connectivity index (χ1v) is 8.80. The Hall–Kier alpha value is -2.46. The topological polar surface area (TPSA) is 51.2 Å². The molecule has 0 bridgehead atoms. The van der Waals surface area contributed by atoms with Crippen LogP contribution in [0.3, 0.4) is 0 Å². The van der Waals surface area contributed by atoms with Crippen LogP contribution in [0, 0.1) is 0 Å². The third-order valence-electron chi connectivity index (χ3n) is 3.00. The quantitative estimate of drug-likeness (QED) is 0.473. The fourth-order valence-electron chi connectivity index (χ4n) is 1.71. The first kappa shape index (κ1) is 22.6. The Morgan fingerprint density at radius 3 is 0.704 bits per heavy atom. The van der Waals surface area contributed by atoms with Gasteiger partial charge in [-0.25, -0.2) is 0 Å². The molecule has 6 heteroatoms. The molecule has 3 aromatic carbocycles. The molecule has 0 aliphatic heterocycles. The van der Waals surface area contributed by atoms with E-state index in [9.17, 15) is 14.4 Å². The van der Waals surface area contributed by atoms with Crippen molar-refractivity contribution in [2.45, 2.75) is 0 Å². The molecule has 0 unspecified atom stereocenters. The van der Waals surface area contributed by atoms with Crippen LogP contribution >= 0.6 is 34.8 Å². The standard InChI is InChI=1S/3C7H5ClO/c3*8-7(9)6-4-2-1-3-5-6/h3*1-5H. The van der Waals surface area contributed by atoms with E-state index in [2.05, 4.69) is 0 Å². The normalized spacial score (nSPS) is 9.00. The Morgan fingerprint density at radius 1 is 0.407 bits per heavy atom. The first-order chi connectivity index (χ1) is 12.9. The number of carbonyl (C=O) groups excluding carboxylic acids is 3. The van der Waals surface area contributed by atoms with Gasteiger partial charge in [-0.15, -0.1) is 0 Å². The minimum atomic E-state index is -0.407. The van der Waals surface area contributed by atoms with Gasteiger partial charge in [0.2, 0.25) is 0 Å². The maximum absolute atomic E-state index is 10.4. The molecule has 3 nitrogen and oxygen atoms in total. The maximum atomic E-state index is 10.4. The van der Waals surface area contributed by atoms with Gasteiger partial charge >= 0.3 is 0 Å². The van der Waals surface area contributed by atoms with Crippen molar-refractivity contribution in [3.63, 3.8) is 0 Å². The van der Waals surface area contributed by atoms with Crippen molar-refractivity contribution in [3.05, 3.63) is 108 Å². The zero-order valence-corrected chi connectivity index (χ0v) is 16.3. The second-order valence-electron chi connectivity index (χ2n) is 4.92. The van der Waals surface area contributed by atoms with E-state index in [-0.39, 0.29) is 0 Å². The van der Waals surface area contributed by atoms with Crippen molar-refractivity contribution in [1.29, 1.82) is 0 Å². The summed E-state index contributed by atoms with van der Waals surface area (Å²) in [6.07, 6.45) is 0. The van der Waals surface area contributed by atoms with Gasteiger partial charge in [-0.05, 0) is 34.8 Å². The summed E-state index contributed by atoms with van der Waals surface area (Å²) < 4.78 is 0. The van der Waals surface area contributed by atoms with E-state index in [4.69, 9.17) is 34.8 Å². The average Bonchev–Trinajstić information content (AvgIpc) is 2.71. The molecule has 27 heavy (non-hydrogen) atoms.